The summed E-state index contributed by atoms with van der Waals surface area (Å²) in [5.74, 6) is 0.764. The Hall–Kier alpha value is -2.05. The van der Waals surface area contributed by atoms with Crippen LogP contribution in [0.15, 0.2) is 65.9 Å². The average molecular weight is 225 g/mol. The third-order valence-corrected chi connectivity index (χ3v) is 2.64. The zero-order chi connectivity index (χ0) is 11.9. The highest BCUT2D eigenvalue weighted by Gasteiger charge is 1.98. The third kappa shape index (κ3) is 3.47. The number of rotatable bonds is 4. The number of ether oxygens (including phenoxy) is 1. The second-order valence-corrected chi connectivity index (χ2v) is 3.81. The van der Waals surface area contributed by atoms with Crippen LogP contribution in [0, 0.1) is 0 Å². The van der Waals surface area contributed by atoms with Gasteiger partial charge in [-0.05, 0) is 48.3 Å². The Bertz CT molecular complexity index is 491. The van der Waals surface area contributed by atoms with Crippen LogP contribution in [0.25, 0.3) is 0 Å². The number of allylic oxidation sites excluding steroid dienone is 4. The molecule has 0 atom stereocenters. The van der Waals surface area contributed by atoms with E-state index in [1.807, 2.05) is 24.5 Å². The lowest BCUT2D eigenvalue weighted by molar-refractivity contribution is 0.308. The number of nitrogens with zero attached hydrogens (tertiary/aromatic N) is 1. The maximum absolute atomic E-state index is 5.13. The van der Waals surface area contributed by atoms with Crippen LogP contribution in [0.5, 0.6) is 0 Å². The van der Waals surface area contributed by atoms with Gasteiger partial charge in [0.15, 0.2) is 5.76 Å². The first-order chi connectivity index (χ1) is 8.38. The van der Waals surface area contributed by atoms with Crippen LogP contribution < -0.4 is 0 Å². The molecule has 1 aliphatic carbocycles. The molecule has 1 aromatic rings. The Morgan fingerprint density at radius 3 is 2.76 bits per heavy atom. The highest BCUT2D eigenvalue weighted by atomic mass is 16.5. The molecule has 0 saturated heterocycles. The molecule has 17 heavy (non-hydrogen) atoms. The summed E-state index contributed by atoms with van der Waals surface area (Å²) < 4.78 is 5.13. The standard InChI is InChI=1S/C15H15NO/c1-17-15-4-2-3-13(7-8-15)5-6-14-9-11-16-12-10-14/h2-3,7-12H,5-6H2,1H3. The van der Waals surface area contributed by atoms with Crippen molar-refractivity contribution in [1.82, 2.24) is 4.98 Å². The predicted octanol–water partition coefficient (Wildman–Crippen LogP) is 3.20. The third-order valence-electron chi connectivity index (χ3n) is 2.64. The number of aryl methyl sites for hydroxylation is 1. The first kappa shape index (κ1) is 11.4. The van der Waals surface area contributed by atoms with Crippen LogP contribution >= 0.6 is 0 Å². The molecular formula is C15H15NO. The van der Waals surface area contributed by atoms with Crippen LogP contribution in [0.4, 0.5) is 0 Å². The quantitative estimate of drug-likeness (QED) is 0.734. The summed E-state index contributed by atoms with van der Waals surface area (Å²) in [5, 5.41) is 0. The lowest BCUT2D eigenvalue weighted by Gasteiger charge is -2.01. The normalized spacial score (nSPS) is 13.9. The molecule has 1 aliphatic rings. The predicted molar refractivity (Wildman–Crippen MR) is 68.4 cm³/mol. The Morgan fingerprint density at radius 2 is 2.00 bits per heavy atom. The summed E-state index contributed by atoms with van der Waals surface area (Å²) >= 11 is 0. The van der Waals surface area contributed by atoms with E-state index in [2.05, 4.69) is 35.0 Å². The number of hydrogen-bond donors (Lipinski definition) is 0. The van der Waals surface area contributed by atoms with Crippen molar-refractivity contribution in [3.63, 3.8) is 0 Å². The Balaban J connectivity index is 1.95. The van der Waals surface area contributed by atoms with E-state index in [1.165, 1.54) is 11.1 Å². The molecule has 0 spiro atoms. The number of pyridine rings is 1. The Kier molecular flexibility index (Phi) is 3.95. The summed E-state index contributed by atoms with van der Waals surface area (Å²) in [6.45, 7) is 0. The Labute approximate surface area is 102 Å². The smallest absolute Gasteiger partial charge is 0.161 e. The van der Waals surface area contributed by atoms with Crippen molar-refractivity contribution in [3.8, 4) is 0 Å². The molecule has 86 valence electrons. The van der Waals surface area contributed by atoms with E-state index in [1.54, 1.807) is 7.11 Å². The lowest BCUT2D eigenvalue weighted by atomic mass is 10.1. The topological polar surface area (TPSA) is 22.1 Å². The second kappa shape index (κ2) is 5.88. The fraction of sp³-hybridized carbons (Fsp3) is 0.200. The fourth-order valence-electron chi connectivity index (χ4n) is 1.65. The van der Waals surface area contributed by atoms with Gasteiger partial charge in [0, 0.05) is 12.4 Å². The van der Waals surface area contributed by atoms with Gasteiger partial charge in [-0.25, -0.2) is 0 Å². The van der Waals surface area contributed by atoms with Gasteiger partial charge in [0.25, 0.3) is 0 Å². The minimum atomic E-state index is 0.764. The molecule has 2 heteroatoms. The fourth-order valence-corrected chi connectivity index (χ4v) is 1.65. The molecule has 0 amide bonds. The van der Waals surface area contributed by atoms with Gasteiger partial charge in [-0.2, -0.15) is 0 Å². The molecule has 0 aromatic carbocycles. The van der Waals surface area contributed by atoms with Crippen molar-refractivity contribution < 1.29 is 4.74 Å². The summed E-state index contributed by atoms with van der Waals surface area (Å²) in [5.41, 5.74) is 5.64. The van der Waals surface area contributed by atoms with E-state index >= 15 is 0 Å². The highest BCUT2D eigenvalue weighted by molar-refractivity contribution is 5.32. The first-order valence-electron chi connectivity index (χ1n) is 5.65. The SMILES string of the molecule is COC1=C=CC=C(CCc2ccncc2)C=C1. The molecule has 0 radical (unpaired) electrons. The van der Waals surface area contributed by atoms with Crippen LogP contribution in [0.2, 0.25) is 0 Å². The minimum Gasteiger partial charge on any atom is -0.489 e. The van der Waals surface area contributed by atoms with E-state index in [0.29, 0.717) is 0 Å². The van der Waals surface area contributed by atoms with E-state index in [9.17, 15) is 0 Å². The molecule has 1 heterocycles. The molecule has 0 aliphatic heterocycles. The summed E-state index contributed by atoms with van der Waals surface area (Å²) in [6.07, 6.45) is 13.7. The van der Waals surface area contributed by atoms with Crippen molar-refractivity contribution in [3.05, 3.63) is 71.5 Å². The largest absolute Gasteiger partial charge is 0.489 e. The minimum absolute atomic E-state index is 0.764. The Morgan fingerprint density at radius 1 is 1.18 bits per heavy atom. The van der Waals surface area contributed by atoms with Crippen LogP contribution in [-0.4, -0.2) is 12.1 Å². The van der Waals surface area contributed by atoms with E-state index in [-0.39, 0.29) is 0 Å². The van der Waals surface area contributed by atoms with Gasteiger partial charge < -0.3 is 4.74 Å². The number of hydrogen-bond acceptors (Lipinski definition) is 2. The van der Waals surface area contributed by atoms with E-state index in [4.69, 9.17) is 4.74 Å². The van der Waals surface area contributed by atoms with Gasteiger partial charge in [0.2, 0.25) is 0 Å². The van der Waals surface area contributed by atoms with Crippen molar-refractivity contribution in [2.75, 3.05) is 7.11 Å². The van der Waals surface area contributed by atoms with E-state index < -0.39 is 0 Å². The molecule has 0 N–H and O–H groups in total. The maximum atomic E-state index is 5.13. The van der Waals surface area contributed by atoms with Gasteiger partial charge in [-0.15, -0.1) is 0 Å². The first-order valence-corrected chi connectivity index (χ1v) is 5.65. The van der Waals surface area contributed by atoms with Crippen LogP contribution in [-0.2, 0) is 11.2 Å². The molecule has 0 bridgehead atoms. The summed E-state index contributed by atoms with van der Waals surface area (Å²) in [4.78, 5) is 4.01. The van der Waals surface area contributed by atoms with Crippen LogP contribution in [0.1, 0.15) is 12.0 Å². The van der Waals surface area contributed by atoms with Crippen molar-refractivity contribution >= 4 is 0 Å². The van der Waals surface area contributed by atoms with Gasteiger partial charge in [-0.3, -0.25) is 4.98 Å². The van der Waals surface area contributed by atoms with Gasteiger partial charge in [0.05, 0.1) is 7.11 Å². The average Bonchev–Trinajstić information content (AvgIpc) is 2.62. The molecule has 0 saturated carbocycles. The zero-order valence-corrected chi connectivity index (χ0v) is 9.89. The molecule has 0 fully saturated rings. The van der Waals surface area contributed by atoms with E-state index in [0.717, 1.165) is 18.6 Å². The van der Waals surface area contributed by atoms with Gasteiger partial charge in [0.1, 0.15) is 0 Å². The zero-order valence-electron chi connectivity index (χ0n) is 9.89. The lowest BCUT2D eigenvalue weighted by Crippen LogP contribution is -1.87. The molecule has 2 rings (SSSR count). The maximum Gasteiger partial charge on any atom is 0.161 e. The van der Waals surface area contributed by atoms with Crippen molar-refractivity contribution in [2.45, 2.75) is 12.8 Å². The van der Waals surface area contributed by atoms with Crippen LogP contribution in [0.3, 0.4) is 0 Å². The number of aromatic nitrogens is 1. The summed E-state index contributed by atoms with van der Waals surface area (Å²) in [7, 11) is 1.66. The van der Waals surface area contributed by atoms with Crippen molar-refractivity contribution in [1.29, 1.82) is 0 Å². The van der Waals surface area contributed by atoms with Gasteiger partial charge in [-0.1, -0.05) is 17.9 Å². The molecule has 2 nitrogen and oxygen atoms in total. The monoisotopic (exact) mass is 225 g/mol. The highest BCUT2D eigenvalue weighted by Crippen LogP contribution is 2.13. The summed E-state index contributed by atoms with van der Waals surface area (Å²) in [6, 6.07) is 4.10. The number of methoxy groups -OCH3 is 1. The molecule has 0 unspecified atom stereocenters. The molecule has 1 aromatic heterocycles. The second-order valence-electron chi connectivity index (χ2n) is 3.81. The van der Waals surface area contributed by atoms with Crippen molar-refractivity contribution in [2.24, 2.45) is 0 Å². The molecular weight excluding hydrogens is 210 g/mol. The van der Waals surface area contributed by atoms with Gasteiger partial charge >= 0.3 is 0 Å².